The van der Waals surface area contributed by atoms with Crippen molar-refractivity contribution in [3.8, 4) is 0 Å². The third-order valence-electron chi connectivity index (χ3n) is 4.33. The number of nitrogens with zero attached hydrogens (tertiary/aromatic N) is 2. The lowest BCUT2D eigenvalue weighted by molar-refractivity contribution is -0.151. The van der Waals surface area contributed by atoms with Crippen molar-refractivity contribution in [2.45, 2.75) is 33.2 Å². The molecule has 1 fully saturated rings. The van der Waals surface area contributed by atoms with Crippen molar-refractivity contribution in [1.29, 1.82) is 0 Å². The number of carboxylic acids is 1. The molecule has 4 nitrogen and oxygen atoms in total. The van der Waals surface area contributed by atoms with Crippen molar-refractivity contribution in [2.75, 3.05) is 13.1 Å². The maximum absolute atomic E-state index is 11.4. The van der Waals surface area contributed by atoms with Gasteiger partial charge in [-0.05, 0) is 77.1 Å². The lowest BCUT2D eigenvalue weighted by Crippen LogP contribution is -2.44. The second-order valence-electron chi connectivity index (χ2n) is 6.18. The molecule has 1 aromatic heterocycles. The molecule has 0 aromatic carbocycles. The van der Waals surface area contributed by atoms with E-state index >= 15 is 0 Å². The van der Waals surface area contributed by atoms with Crippen LogP contribution in [0.25, 0.3) is 0 Å². The summed E-state index contributed by atoms with van der Waals surface area (Å²) in [7, 11) is 0. The van der Waals surface area contributed by atoms with E-state index in [-0.39, 0.29) is 5.92 Å². The fourth-order valence-corrected chi connectivity index (χ4v) is 3.85. The molecule has 6 heteroatoms. The molecular weight excluding hydrogens is 400 g/mol. The van der Waals surface area contributed by atoms with Crippen LogP contribution in [0.3, 0.4) is 0 Å². The molecule has 1 atom stereocenters. The Bertz CT molecular complexity index is 534. The normalized spacial score (nSPS) is 20.5. The Kier molecular flexibility index (Phi) is 5.43. The van der Waals surface area contributed by atoms with Crippen LogP contribution in [0.15, 0.2) is 21.2 Å². The van der Waals surface area contributed by atoms with E-state index in [1.807, 2.05) is 19.9 Å². The number of hydrogen-bond acceptors (Lipinski definition) is 3. The van der Waals surface area contributed by atoms with Crippen LogP contribution in [0, 0.1) is 11.3 Å². The summed E-state index contributed by atoms with van der Waals surface area (Å²) in [5.41, 5.74) is 0.315. The summed E-state index contributed by atoms with van der Waals surface area (Å²) in [5.74, 6) is -0.532. The van der Waals surface area contributed by atoms with E-state index in [1.165, 1.54) is 0 Å². The van der Waals surface area contributed by atoms with Crippen LogP contribution >= 0.6 is 31.9 Å². The topological polar surface area (TPSA) is 53.4 Å². The van der Waals surface area contributed by atoms with Crippen LogP contribution in [0.2, 0.25) is 0 Å². The summed E-state index contributed by atoms with van der Waals surface area (Å²) in [6.07, 6.45) is 3.81. The van der Waals surface area contributed by atoms with Gasteiger partial charge in [-0.15, -0.1) is 0 Å². The van der Waals surface area contributed by atoms with Crippen molar-refractivity contribution in [3.63, 3.8) is 0 Å². The molecule has 116 valence electrons. The summed E-state index contributed by atoms with van der Waals surface area (Å²) in [5, 5.41) is 9.40. The summed E-state index contributed by atoms with van der Waals surface area (Å²) in [6, 6.07) is 1.99. The molecule has 0 spiro atoms. The largest absolute Gasteiger partial charge is 0.481 e. The van der Waals surface area contributed by atoms with Crippen molar-refractivity contribution >= 4 is 37.8 Å². The molecule has 0 bridgehead atoms. The van der Waals surface area contributed by atoms with Crippen LogP contribution < -0.4 is 0 Å². The fourth-order valence-electron chi connectivity index (χ4n) is 2.73. The van der Waals surface area contributed by atoms with Crippen molar-refractivity contribution < 1.29 is 9.90 Å². The van der Waals surface area contributed by atoms with E-state index in [2.05, 4.69) is 41.7 Å². The van der Waals surface area contributed by atoms with E-state index in [0.717, 1.165) is 47.1 Å². The number of rotatable bonds is 4. The minimum absolute atomic E-state index is 0.179. The van der Waals surface area contributed by atoms with Gasteiger partial charge >= 0.3 is 5.97 Å². The van der Waals surface area contributed by atoms with E-state index in [4.69, 9.17) is 0 Å². The predicted molar refractivity (Wildman–Crippen MR) is 89.1 cm³/mol. The molecule has 0 radical (unpaired) electrons. The standard InChI is InChI=1S/C15H20Br2N2O2/c1-15(2,14(20)21)10-4-3-5-19(8-10)9-13-12(17)6-11(16)7-18-13/h6-7,10H,3-5,8-9H2,1-2H3,(H,20,21). The number of carbonyl (C=O) groups is 1. The first-order valence-electron chi connectivity index (χ1n) is 7.06. The number of hydrogen-bond donors (Lipinski definition) is 1. The van der Waals surface area contributed by atoms with Crippen LogP contribution in [0.1, 0.15) is 32.4 Å². The Hall–Kier alpha value is -0.460. The van der Waals surface area contributed by atoms with Crippen molar-refractivity contribution in [3.05, 3.63) is 26.9 Å². The summed E-state index contributed by atoms with van der Waals surface area (Å²) < 4.78 is 1.93. The Labute approximate surface area is 142 Å². The summed E-state index contributed by atoms with van der Waals surface area (Å²) in [6.45, 7) is 6.22. The third-order valence-corrected chi connectivity index (χ3v) is 5.46. The number of pyridine rings is 1. The monoisotopic (exact) mass is 418 g/mol. The summed E-state index contributed by atoms with van der Waals surface area (Å²) in [4.78, 5) is 18.2. The Morgan fingerprint density at radius 1 is 1.52 bits per heavy atom. The molecule has 0 amide bonds. The molecule has 1 aliphatic rings. The number of carboxylic acid groups (broad SMARTS) is 1. The van der Waals surface area contributed by atoms with Crippen LogP contribution in [-0.2, 0) is 11.3 Å². The molecule has 1 aromatic rings. The highest BCUT2D eigenvalue weighted by Gasteiger charge is 2.39. The second-order valence-corrected chi connectivity index (χ2v) is 7.95. The van der Waals surface area contributed by atoms with Gasteiger partial charge < -0.3 is 5.11 Å². The molecule has 2 heterocycles. The average molecular weight is 420 g/mol. The first-order valence-corrected chi connectivity index (χ1v) is 8.65. The van der Waals surface area contributed by atoms with Gasteiger partial charge in [0.1, 0.15) is 0 Å². The number of aliphatic carboxylic acids is 1. The van der Waals surface area contributed by atoms with Crippen molar-refractivity contribution in [1.82, 2.24) is 9.88 Å². The highest BCUT2D eigenvalue weighted by atomic mass is 79.9. The van der Waals surface area contributed by atoms with Gasteiger partial charge in [0.15, 0.2) is 0 Å². The minimum atomic E-state index is -0.711. The number of halogens is 2. The summed E-state index contributed by atoms with van der Waals surface area (Å²) >= 11 is 6.94. The zero-order chi connectivity index (χ0) is 15.6. The average Bonchev–Trinajstić information content (AvgIpc) is 2.42. The van der Waals surface area contributed by atoms with Gasteiger partial charge in [-0.3, -0.25) is 14.7 Å². The molecule has 1 saturated heterocycles. The van der Waals surface area contributed by atoms with Gasteiger partial charge in [0, 0.05) is 28.2 Å². The quantitative estimate of drug-likeness (QED) is 0.803. The number of aromatic nitrogens is 1. The van der Waals surface area contributed by atoms with Gasteiger partial charge in [0.05, 0.1) is 11.1 Å². The second kappa shape index (κ2) is 6.75. The molecule has 0 aliphatic carbocycles. The lowest BCUT2D eigenvalue weighted by Gasteiger charge is -2.39. The first-order chi connectivity index (χ1) is 9.80. The van der Waals surface area contributed by atoms with E-state index in [0.29, 0.717) is 0 Å². The van der Waals surface area contributed by atoms with Gasteiger partial charge in [-0.25, -0.2) is 0 Å². The van der Waals surface area contributed by atoms with E-state index < -0.39 is 11.4 Å². The molecular formula is C15H20Br2N2O2. The van der Waals surface area contributed by atoms with Crippen LogP contribution in [0.4, 0.5) is 0 Å². The molecule has 1 unspecified atom stereocenters. The smallest absolute Gasteiger partial charge is 0.309 e. The Morgan fingerprint density at radius 2 is 2.24 bits per heavy atom. The Morgan fingerprint density at radius 3 is 2.86 bits per heavy atom. The Balaban J connectivity index is 2.06. The maximum Gasteiger partial charge on any atom is 0.309 e. The molecule has 21 heavy (non-hydrogen) atoms. The highest BCUT2D eigenvalue weighted by molar-refractivity contribution is 9.11. The molecule has 0 saturated carbocycles. The highest BCUT2D eigenvalue weighted by Crippen LogP contribution is 2.35. The fraction of sp³-hybridized carbons (Fsp3) is 0.600. The maximum atomic E-state index is 11.4. The first kappa shape index (κ1) is 16.9. The van der Waals surface area contributed by atoms with Gasteiger partial charge in [-0.1, -0.05) is 0 Å². The zero-order valence-electron chi connectivity index (χ0n) is 12.3. The lowest BCUT2D eigenvalue weighted by atomic mass is 9.74. The number of piperidine rings is 1. The van der Waals surface area contributed by atoms with E-state index in [1.54, 1.807) is 6.20 Å². The van der Waals surface area contributed by atoms with Gasteiger partial charge in [0.25, 0.3) is 0 Å². The van der Waals surface area contributed by atoms with Gasteiger partial charge in [-0.2, -0.15) is 0 Å². The van der Waals surface area contributed by atoms with Crippen LogP contribution in [-0.4, -0.2) is 34.0 Å². The molecule has 1 aliphatic heterocycles. The number of likely N-dealkylation sites (tertiary alicyclic amines) is 1. The SMILES string of the molecule is CC(C)(C(=O)O)C1CCCN(Cc2ncc(Br)cc2Br)C1. The minimum Gasteiger partial charge on any atom is -0.481 e. The molecule has 2 rings (SSSR count). The predicted octanol–water partition coefficient (Wildman–Crippen LogP) is 3.93. The third kappa shape index (κ3) is 4.05. The van der Waals surface area contributed by atoms with Crippen LogP contribution in [0.5, 0.6) is 0 Å². The van der Waals surface area contributed by atoms with E-state index in [9.17, 15) is 9.90 Å². The molecule has 1 N–H and O–H groups in total. The van der Waals surface area contributed by atoms with Gasteiger partial charge in [0.2, 0.25) is 0 Å². The zero-order valence-corrected chi connectivity index (χ0v) is 15.4. The van der Waals surface area contributed by atoms with Crippen molar-refractivity contribution in [2.24, 2.45) is 11.3 Å².